The Hall–Kier alpha value is -1.72. The number of nitrogens with zero attached hydrogens (tertiary/aromatic N) is 1. The number of rotatable bonds is 3. The van der Waals surface area contributed by atoms with Gasteiger partial charge in [-0.25, -0.2) is 0 Å². The molecular weight excluding hydrogens is 235 g/mol. The number of oxime groups is 1. The van der Waals surface area contributed by atoms with Gasteiger partial charge in [-0.05, 0) is 26.0 Å². The Morgan fingerprint density at radius 3 is 2.35 bits per heavy atom. The van der Waals surface area contributed by atoms with Crippen molar-refractivity contribution in [3.63, 3.8) is 0 Å². The predicted octanol–water partition coefficient (Wildman–Crippen LogP) is 3.21. The maximum Gasteiger partial charge on any atom is 0.437 e. The molecule has 0 fully saturated rings. The van der Waals surface area contributed by atoms with Crippen LogP contribution in [0.3, 0.4) is 0 Å². The third-order valence-corrected chi connectivity index (χ3v) is 1.87. The summed E-state index contributed by atoms with van der Waals surface area (Å²) < 4.78 is 43.0. The zero-order valence-corrected chi connectivity index (χ0v) is 9.32. The fourth-order valence-corrected chi connectivity index (χ4v) is 1.28. The summed E-state index contributed by atoms with van der Waals surface area (Å²) in [6, 6.07) is 5.55. The highest BCUT2D eigenvalue weighted by molar-refractivity contribution is 6.06. The van der Waals surface area contributed by atoms with E-state index < -0.39 is 11.9 Å². The van der Waals surface area contributed by atoms with Crippen LogP contribution in [0, 0.1) is 0 Å². The van der Waals surface area contributed by atoms with Crippen LogP contribution < -0.4 is 4.74 Å². The lowest BCUT2D eigenvalue weighted by Gasteiger charge is -2.15. The van der Waals surface area contributed by atoms with E-state index in [-0.39, 0.29) is 17.4 Å². The quantitative estimate of drug-likeness (QED) is 0.506. The van der Waals surface area contributed by atoms with Crippen molar-refractivity contribution in [2.75, 3.05) is 0 Å². The van der Waals surface area contributed by atoms with Crippen molar-refractivity contribution in [2.45, 2.75) is 26.1 Å². The summed E-state index contributed by atoms with van der Waals surface area (Å²) in [6.45, 7) is 3.39. The summed E-state index contributed by atoms with van der Waals surface area (Å²) >= 11 is 0. The van der Waals surface area contributed by atoms with E-state index in [0.717, 1.165) is 0 Å². The van der Waals surface area contributed by atoms with Crippen molar-refractivity contribution in [2.24, 2.45) is 5.16 Å². The molecule has 17 heavy (non-hydrogen) atoms. The highest BCUT2D eigenvalue weighted by atomic mass is 19.4. The van der Waals surface area contributed by atoms with Crippen LogP contribution in [0.2, 0.25) is 0 Å². The summed E-state index contributed by atoms with van der Waals surface area (Å²) in [6.07, 6.45) is -5.00. The average Bonchev–Trinajstić information content (AvgIpc) is 2.18. The lowest BCUT2D eigenvalue weighted by molar-refractivity contribution is -0.0602. The minimum Gasteiger partial charge on any atom is -0.490 e. The van der Waals surface area contributed by atoms with Gasteiger partial charge in [0.2, 0.25) is 0 Å². The van der Waals surface area contributed by atoms with Gasteiger partial charge in [0.1, 0.15) is 5.75 Å². The maximum absolute atomic E-state index is 12.6. The van der Waals surface area contributed by atoms with Gasteiger partial charge in [0.25, 0.3) is 0 Å². The van der Waals surface area contributed by atoms with Crippen LogP contribution in [0.15, 0.2) is 29.4 Å². The highest BCUT2D eigenvalue weighted by Crippen LogP contribution is 2.28. The monoisotopic (exact) mass is 247 g/mol. The molecule has 1 rings (SSSR count). The predicted molar refractivity (Wildman–Crippen MR) is 56.6 cm³/mol. The molecule has 0 atom stereocenters. The number of halogens is 3. The molecule has 94 valence electrons. The van der Waals surface area contributed by atoms with E-state index >= 15 is 0 Å². The van der Waals surface area contributed by atoms with Gasteiger partial charge in [-0.2, -0.15) is 13.2 Å². The van der Waals surface area contributed by atoms with Crippen LogP contribution in [-0.4, -0.2) is 23.2 Å². The van der Waals surface area contributed by atoms with E-state index in [4.69, 9.17) is 9.94 Å². The second-order valence-corrected chi connectivity index (χ2v) is 3.61. The summed E-state index contributed by atoms with van der Waals surface area (Å²) in [7, 11) is 0. The summed E-state index contributed by atoms with van der Waals surface area (Å²) in [5.41, 5.74) is -1.65. The first-order valence-electron chi connectivity index (χ1n) is 4.91. The normalized spacial score (nSPS) is 12.9. The largest absolute Gasteiger partial charge is 0.490 e. The third-order valence-electron chi connectivity index (χ3n) is 1.87. The topological polar surface area (TPSA) is 41.8 Å². The van der Waals surface area contributed by atoms with Crippen LogP contribution in [0.5, 0.6) is 5.75 Å². The van der Waals surface area contributed by atoms with E-state index in [9.17, 15) is 13.2 Å². The van der Waals surface area contributed by atoms with Crippen LogP contribution in [0.1, 0.15) is 19.4 Å². The number of alkyl halides is 3. The molecule has 0 saturated carbocycles. The van der Waals surface area contributed by atoms with Crippen LogP contribution in [-0.2, 0) is 0 Å². The number of hydrogen-bond acceptors (Lipinski definition) is 3. The van der Waals surface area contributed by atoms with E-state index in [0.29, 0.717) is 0 Å². The molecule has 1 aromatic rings. The molecule has 0 spiro atoms. The Kier molecular flexibility index (Phi) is 3.98. The average molecular weight is 247 g/mol. The molecule has 0 aliphatic carbocycles. The highest BCUT2D eigenvalue weighted by Gasteiger charge is 2.39. The van der Waals surface area contributed by atoms with Crippen molar-refractivity contribution in [3.8, 4) is 5.75 Å². The molecule has 0 unspecified atom stereocenters. The molecule has 0 radical (unpaired) electrons. The standard InChI is InChI=1S/C11H12F3NO2/c1-7(2)17-9-6-4-3-5-8(9)10(15-16)11(12,13)14/h3-7,16H,1-2H3. The molecule has 3 nitrogen and oxygen atoms in total. The first-order chi connectivity index (χ1) is 7.86. The van der Waals surface area contributed by atoms with Gasteiger partial charge >= 0.3 is 6.18 Å². The molecule has 1 aromatic carbocycles. The van der Waals surface area contributed by atoms with Gasteiger partial charge in [-0.1, -0.05) is 17.3 Å². The van der Waals surface area contributed by atoms with Gasteiger partial charge in [0, 0.05) is 0 Å². The number of benzene rings is 1. The van der Waals surface area contributed by atoms with E-state index in [1.54, 1.807) is 19.9 Å². The van der Waals surface area contributed by atoms with Crippen LogP contribution >= 0.6 is 0 Å². The van der Waals surface area contributed by atoms with Crippen molar-refractivity contribution in [1.82, 2.24) is 0 Å². The van der Waals surface area contributed by atoms with Crippen molar-refractivity contribution >= 4 is 5.71 Å². The Labute approximate surface area is 96.5 Å². The van der Waals surface area contributed by atoms with Gasteiger partial charge in [-0.3, -0.25) is 0 Å². The maximum atomic E-state index is 12.6. The van der Waals surface area contributed by atoms with Gasteiger partial charge in [0.05, 0.1) is 11.7 Å². The Bertz CT molecular complexity index is 413. The van der Waals surface area contributed by atoms with Gasteiger partial charge in [-0.15, -0.1) is 0 Å². The molecule has 0 heterocycles. The Morgan fingerprint density at radius 2 is 1.88 bits per heavy atom. The fourth-order valence-electron chi connectivity index (χ4n) is 1.28. The molecular formula is C11H12F3NO2. The number of para-hydroxylation sites is 1. The molecule has 0 bridgehead atoms. The second kappa shape index (κ2) is 5.07. The molecule has 0 aliphatic heterocycles. The minimum absolute atomic E-state index is 0.0348. The third kappa shape index (κ3) is 3.37. The Morgan fingerprint density at radius 1 is 1.29 bits per heavy atom. The van der Waals surface area contributed by atoms with E-state index in [1.807, 2.05) is 0 Å². The fraction of sp³-hybridized carbons (Fsp3) is 0.364. The molecule has 0 amide bonds. The molecule has 0 aliphatic rings. The molecule has 0 aromatic heterocycles. The van der Waals surface area contributed by atoms with Crippen molar-refractivity contribution in [1.29, 1.82) is 0 Å². The zero-order chi connectivity index (χ0) is 13.1. The molecule has 6 heteroatoms. The van der Waals surface area contributed by atoms with Crippen LogP contribution in [0.25, 0.3) is 0 Å². The minimum atomic E-state index is -4.73. The number of ether oxygens (including phenoxy) is 1. The van der Waals surface area contributed by atoms with Crippen molar-refractivity contribution in [3.05, 3.63) is 29.8 Å². The van der Waals surface area contributed by atoms with Crippen LogP contribution in [0.4, 0.5) is 13.2 Å². The summed E-state index contributed by atoms with van der Waals surface area (Å²) in [5.74, 6) is 0.0348. The van der Waals surface area contributed by atoms with E-state index in [2.05, 4.69) is 5.16 Å². The summed E-state index contributed by atoms with van der Waals surface area (Å²) in [4.78, 5) is 0. The lowest BCUT2D eigenvalue weighted by atomic mass is 10.1. The Balaban J connectivity index is 3.21. The first kappa shape index (κ1) is 13.3. The molecule has 1 N–H and O–H groups in total. The second-order valence-electron chi connectivity index (χ2n) is 3.61. The first-order valence-corrected chi connectivity index (χ1v) is 4.91. The number of hydrogen-bond donors (Lipinski definition) is 1. The smallest absolute Gasteiger partial charge is 0.437 e. The van der Waals surface area contributed by atoms with E-state index in [1.165, 1.54) is 18.2 Å². The summed E-state index contributed by atoms with van der Waals surface area (Å²) in [5, 5.41) is 10.8. The van der Waals surface area contributed by atoms with Crippen molar-refractivity contribution < 1.29 is 23.1 Å². The zero-order valence-electron chi connectivity index (χ0n) is 9.32. The van der Waals surface area contributed by atoms with Gasteiger partial charge < -0.3 is 9.94 Å². The lowest BCUT2D eigenvalue weighted by Crippen LogP contribution is -2.25. The van der Waals surface area contributed by atoms with Gasteiger partial charge in [0.15, 0.2) is 5.71 Å². The molecule has 0 saturated heterocycles. The SMILES string of the molecule is CC(C)Oc1ccccc1C(=NO)C(F)(F)F.